The summed E-state index contributed by atoms with van der Waals surface area (Å²) in [4.78, 5) is 27.8. The summed E-state index contributed by atoms with van der Waals surface area (Å²) in [6, 6.07) is 14.8. The smallest absolute Gasteiger partial charge is 0.291 e. The molecule has 1 N–H and O–H groups in total. The molecule has 1 aliphatic rings. The zero-order valence-corrected chi connectivity index (χ0v) is 17.1. The van der Waals surface area contributed by atoms with Gasteiger partial charge in [-0.1, -0.05) is 37.1 Å². The highest BCUT2D eigenvalue weighted by atomic mass is 16.5. The first-order valence-corrected chi connectivity index (χ1v) is 10.4. The summed E-state index contributed by atoms with van der Waals surface area (Å²) in [6.45, 7) is 1.43. The number of nitrogens with one attached hydrogen (secondary N) is 1. The van der Waals surface area contributed by atoms with Crippen LogP contribution in [0.5, 0.6) is 5.75 Å². The lowest BCUT2D eigenvalue weighted by atomic mass is 10.1. The fourth-order valence-corrected chi connectivity index (χ4v) is 3.85. The molecule has 0 unspecified atom stereocenters. The second kappa shape index (κ2) is 9.03. The van der Waals surface area contributed by atoms with E-state index in [0.717, 1.165) is 55.5 Å². The third-order valence-electron chi connectivity index (χ3n) is 5.47. The molecule has 0 bridgehead atoms. The molecule has 2 heterocycles. The van der Waals surface area contributed by atoms with E-state index in [2.05, 4.69) is 5.32 Å². The highest BCUT2D eigenvalue weighted by molar-refractivity contribution is 6.11. The number of benzene rings is 2. The van der Waals surface area contributed by atoms with E-state index in [9.17, 15) is 9.59 Å². The van der Waals surface area contributed by atoms with E-state index in [4.69, 9.17) is 9.15 Å². The largest absolute Gasteiger partial charge is 0.497 e. The minimum absolute atomic E-state index is 0.159. The minimum atomic E-state index is -0.198. The number of carbonyl (C=O) groups is 2. The van der Waals surface area contributed by atoms with Crippen molar-refractivity contribution < 1.29 is 18.7 Å². The van der Waals surface area contributed by atoms with Gasteiger partial charge in [-0.05, 0) is 42.7 Å². The van der Waals surface area contributed by atoms with Gasteiger partial charge >= 0.3 is 0 Å². The first-order valence-electron chi connectivity index (χ1n) is 10.4. The summed E-state index contributed by atoms with van der Waals surface area (Å²) in [5, 5.41) is 3.67. The average Bonchev–Trinajstić information content (AvgIpc) is 2.93. The van der Waals surface area contributed by atoms with Crippen molar-refractivity contribution in [3.63, 3.8) is 0 Å². The summed E-state index contributed by atoms with van der Waals surface area (Å²) in [5.74, 6) is 0.594. The van der Waals surface area contributed by atoms with Gasteiger partial charge in [0, 0.05) is 18.5 Å². The topological polar surface area (TPSA) is 71.8 Å². The molecule has 3 aromatic rings. The molecule has 0 radical (unpaired) electrons. The van der Waals surface area contributed by atoms with Gasteiger partial charge in [0.05, 0.1) is 13.5 Å². The monoisotopic (exact) mass is 406 g/mol. The van der Waals surface area contributed by atoms with Crippen LogP contribution in [0, 0.1) is 0 Å². The molecule has 156 valence electrons. The van der Waals surface area contributed by atoms with Crippen molar-refractivity contribution in [2.75, 3.05) is 25.5 Å². The van der Waals surface area contributed by atoms with Gasteiger partial charge in [0.25, 0.3) is 5.91 Å². The standard InChI is InChI=1S/C24H26N2O4/c1-29-18-12-10-17(11-13-18)16-21(27)25-22-19-8-4-5-9-20(19)30-23(22)24(28)26-14-6-2-3-7-15-26/h4-5,8-13H,2-3,6-7,14-16H2,1H3,(H,25,27). The van der Waals surface area contributed by atoms with Crippen molar-refractivity contribution in [2.24, 2.45) is 0 Å². The SMILES string of the molecule is COc1ccc(CC(=O)Nc2c(C(=O)N3CCCCCC3)oc3ccccc23)cc1. The second-order valence-corrected chi connectivity index (χ2v) is 7.58. The Morgan fingerprint density at radius 3 is 2.40 bits per heavy atom. The number of amides is 2. The number of anilines is 1. The average molecular weight is 406 g/mol. The van der Waals surface area contributed by atoms with Crippen molar-refractivity contribution in [1.29, 1.82) is 0 Å². The van der Waals surface area contributed by atoms with Gasteiger partial charge in [0.15, 0.2) is 0 Å². The molecule has 30 heavy (non-hydrogen) atoms. The van der Waals surface area contributed by atoms with Gasteiger partial charge in [-0.3, -0.25) is 9.59 Å². The Hall–Kier alpha value is -3.28. The second-order valence-electron chi connectivity index (χ2n) is 7.58. The Morgan fingerprint density at radius 1 is 1.00 bits per heavy atom. The van der Waals surface area contributed by atoms with Crippen molar-refractivity contribution in [2.45, 2.75) is 32.1 Å². The molecule has 2 amide bonds. The highest BCUT2D eigenvalue weighted by Gasteiger charge is 2.26. The molecule has 1 saturated heterocycles. The third-order valence-corrected chi connectivity index (χ3v) is 5.47. The Balaban J connectivity index is 1.59. The molecule has 1 fully saturated rings. The predicted molar refractivity (Wildman–Crippen MR) is 116 cm³/mol. The van der Waals surface area contributed by atoms with Crippen molar-refractivity contribution in [1.82, 2.24) is 4.90 Å². The van der Waals surface area contributed by atoms with Crippen molar-refractivity contribution in [3.05, 3.63) is 59.9 Å². The highest BCUT2D eigenvalue weighted by Crippen LogP contribution is 2.32. The number of likely N-dealkylation sites (tertiary alicyclic amines) is 1. The van der Waals surface area contributed by atoms with Crippen LogP contribution in [0.2, 0.25) is 0 Å². The van der Waals surface area contributed by atoms with Gasteiger partial charge in [0.2, 0.25) is 11.7 Å². The van der Waals surface area contributed by atoms with Gasteiger partial charge in [-0.15, -0.1) is 0 Å². The number of para-hydroxylation sites is 1. The van der Waals surface area contributed by atoms with Crippen LogP contribution < -0.4 is 10.1 Å². The van der Waals surface area contributed by atoms with Crippen LogP contribution >= 0.6 is 0 Å². The van der Waals surface area contributed by atoms with E-state index in [1.807, 2.05) is 53.4 Å². The lowest BCUT2D eigenvalue weighted by molar-refractivity contribution is -0.115. The van der Waals surface area contributed by atoms with E-state index in [-0.39, 0.29) is 24.0 Å². The zero-order chi connectivity index (χ0) is 20.9. The molecule has 0 spiro atoms. The number of carbonyl (C=O) groups excluding carboxylic acids is 2. The summed E-state index contributed by atoms with van der Waals surface area (Å²) in [6.07, 6.45) is 4.45. The Labute approximate surface area is 175 Å². The summed E-state index contributed by atoms with van der Waals surface area (Å²) in [5.41, 5.74) is 1.91. The fourth-order valence-electron chi connectivity index (χ4n) is 3.85. The van der Waals surface area contributed by atoms with Crippen molar-refractivity contribution >= 4 is 28.5 Å². The number of hydrogen-bond acceptors (Lipinski definition) is 4. The van der Waals surface area contributed by atoms with E-state index in [1.165, 1.54) is 0 Å². The van der Waals surface area contributed by atoms with Crippen LogP contribution in [0.25, 0.3) is 11.0 Å². The van der Waals surface area contributed by atoms with Crippen LogP contribution in [0.1, 0.15) is 41.8 Å². The van der Waals surface area contributed by atoms with Crippen LogP contribution in [0.15, 0.2) is 52.9 Å². The Bertz CT molecular complexity index is 1030. The van der Waals surface area contributed by atoms with E-state index in [1.54, 1.807) is 7.11 Å². The normalized spacial score (nSPS) is 14.4. The molecule has 1 aromatic heterocycles. The van der Waals surface area contributed by atoms with Crippen LogP contribution in [-0.2, 0) is 11.2 Å². The lowest BCUT2D eigenvalue weighted by Crippen LogP contribution is -2.32. The number of rotatable bonds is 5. The van der Waals surface area contributed by atoms with Crippen molar-refractivity contribution in [3.8, 4) is 5.75 Å². The summed E-state index contributed by atoms with van der Waals surface area (Å²) < 4.78 is 11.1. The molecular formula is C24H26N2O4. The maximum Gasteiger partial charge on any atom is 0.291 e. The molecular weight excluding hydrogens is 380 g/mol. The maximum absolute atomic E-state index is 13.2. The minimum Gasteiger partial charge on any atom is -0.497 e. The lowest BCUT2D eigenvalue weighted by Gasteiger charge is -2.19. The predicted octanol–water partition coefficient (Wildman–Crippen LogP) is 4.64. The van der Waals surface area contributed by atoms with E-state index in [0.29, 0.717) is 11.3 Å². The number of methoxy groups -OCH3 is 1. The molecule has 0 aliphatic carbocycles. The number of hydrogen-bond donors (Lipinski definition) is 1. The zero-order valence-electron chi connectivity index (χ0n) is 17.1. The molecule has 0 saturated carbocycles. The number of fused-ring (bicyclic) bond motifs is 1. The maximum atomic E-state index is 13.2. The molecule has 6 heteroatoms. The van der Waals surface area contributed by atoms with Crippen LogP contribution in [-0.4, -0.2) is 36.9 Å². The van der Waals surface area contributed by atoms with Crippen LogP contribution in [0.4, 0.5) is 5.69 Å². The molecule has 4 rings (SSSR count). The first-order chi connectivity index (χ1) is 14.7. The third kappa shape index (κ3) is 4.32. The van der Waals surface area contributed by atoms with Crippen LogP contribution in [0.3, 0.4) is 0 Å². The number of nitrogens with zero attached hydrogens (tertiary/aromatic N) is 1. The molecule has 6 nitrogen and oxygen atoms in total. The Kier molecular flexibility index (Phi) is 6.02. The summed E-state index contributed by atoms with van der Waals surface area (Å²) in [7, 11) is 1.61. The van der Waals surface area contributed by atoms with Gasteiger partial charge < -0.3 is 19.4 Å². The first kappa shape index (κ1) is 20.0. The Morgan fingerprint density at radius 2 is 1.70 bits per heavy atom. The van der Waals surface area contributed by atoms with Gasteiger partial charge in [-0.25, -0.2) is 0 Å². The quantitative estimate of drug-likeness (QED) is 0.670. The number of ether oxygens (including phenoxy) is 1. The molecule has 1 aliphatic heterocycles. The number of furan rings is 1. The summed E-state index contributed by atoms with van der Waals surface area (Å²) >= 11 is 0. The molecule has 2 aromatic carbocycles. The van der Waals surface area contributed by atoms with Gasteiger partial charge in [0.1, 0.15) is 17.0 Å². The van der Waals surface area contributed by atoms with E-state index < -0.39 is 0 Å². The fraction of sp³-hybridized carbons (Fsp3) is 0.333. The molecule has 0 atom stereocenters. The van der Waals surface area contributed by atoms with E-state index >= 15 is 0 Å². The van der Waals surface area contributed by atoms with Gasteiger partial charge in [-0.2, -0.15) is 0 Å².